The Bertz CT molecular complexity index is 639. The van der Waals surface area contributed by atoms with Crippen LogP contribution in [0.15, 0.2) is 29.2 Å². The molecule has 1 saturated heterocycles. The van der Waals surface area contributed by atoms with Gasteiger partial charge in [0.15, 0.2) is 5.65 Å². The van der Waals surface area contributed by atoms with Crippen molar-refractivity contribution in [2.24, 2.45) is 0 Å². The maximum Gasteiger partial charge on any atom is 0.350 e. The number of hydrogen-bond acceptors (Lipinski definition) is 4. The van der Waals surface area contributed by atoms with Gasteiger partial charge in [-0.25, -0.2) is 9.48 Å². The third-order valence-electron chi connectivity index (χ3n) is 4.12. The number of pyridine rings is 1. The molecule has 0 atom stereocenters. The van der Waals surface area contributed by atoms with Crippen molar-refractivity contribution >= 4 is 5.65 Å². The van der Waals surface area contributed by atoms with E-state index in [2.05, 4.69) is 21.8 Å². The first-order valence-corrected chi connectivity index (χ1v) is 7.77. The molecule has 1 aliphatic rings. The van der Waals surface area contributed by atoms with E-state index < -0.39 is 0 Å². The summed E-state index contributed by atoms with van der Waals surface area (Å²) in [5.41, 5.74) is 0.672. The zero-order chi connectivity index (χ0) is 14.7. The molecule has 0 unspecified atom stereocenters. The molecule has 0 aliphatic carbocycles. The number of nitrogens with zero attached hydrogens (tertiary/aromatic N) is 5. The first kappa shape index (κ1) is 14.3. The summed E-state index contributed by atoms with van der Waals surface area (Å²) in [6.07, 6.45) is 2.99. The maximum absolute atomic E-state index is 12.2. The highest BCUT2D eigenvalue weighted by Crippen LogP contribution is 2.02. The SMILES string of the molecule is CCCN1CCN(CCn2nc3ccccn3c2=O)CC1. The predicted octanol–water partition coefficient (Wildman–Crippen LogP) is 0.524. The van der Waals surface area contributed by atoms with Crippen LogP contribution < -0.4 is 5.69 Å². The summed E-state index contributed by atoms with van der Waals surface area (Å²) in [5, 5.41) is 4.37. The fourth-order valence-corrected chi connectivity index (χ4v) is 2.90. The Morgan fingerprint density at radius 1 is 1.05 bits per heavy atom. The Morgan fingerprint density at radius 3 is 2.43 bits per heavy atom. The summed E-state index contributed by atoms with van der Waals surface area (Å²) in [4.78, 5) is 17.1. The highest BCUT2D eigenvalue weighted by Gasteiger charge is 2.16. The molecule has 2 aromatic heterocycles. The van der Waals surface area contributed by atoms with Crippen molar-refractivity contribution in [3.05, 3.63) is 34.9 Å². The highest BCUT2D eigenvalue weighted by molar-refractivity contribution is 5.35. The van der Waals surface area contributed by atoms with Crippen LogP contribution in [0.4, 0.5) is 0 Å². The topological polar surface area (TPSA) is 45.8 Å². The van der Waals surface area contributed by atoms with Crippen LogP contribution >= 0.6 is 0 Å². The number of fused-ring (bicyclic) bond motifs is 1. The summed E-state index contributed by atoms with van der Waals surface area (Å²) < 4.78 is 3.17. The predicted molar refractivity (Wildman–Crippen MR) is 82.6 cm³/mol. The molecule has 1 fully saturated rings. The van der Waals surface area contributed by atoms with Gasteiger partial charge in [-0.15, -0.1) is 5.10 Å². The summed E-state index contributed by atoms with van der Waals surface area (Å²) in [6.45, 7) is 9.41. The van der Waals surface area contributed by atoms with Gasteiger partial charge in [-0.3, -0.25) is 9.30 Å². The first-order chi connectivity index (χ1) is 10.3. The average molecular weight is 289 g/mol. The highest BCUT2D eigenvalue weighted by atomic mass is 16.2. The summed E-state index contributed by atoms with van der Waals surface area (Å²) in [6, 6.07) is 5.62. The van der Waals surface area contributed by atoms with E-state index in [4.69, 9.17) is 0 Å². The van der Waals surface area contributed by atoms with Crippen LogP contribution in [-0.4, -0.2) is 63.2 Å². The molecular weight excluding hydrogens is 266 g/mol. The monoisotopic (exact) mass is 289 g/mol. The van der Waals surface area contributed by atoms with Crippen LogP contribution in [0.25, 0.3) is 5.65 Å². The van der Waals surface area contributed by atoms with Crippen molar-refractivity contribution in [3.8, 4) is 0 Å². The number of piperazine rings is 1. The molecule has 3 heterocycles. The summed E-state index contributed by atoms with van der Waals surface area (Å²) in [5.74, 6) is 0. The second-order valence-electron chi connectivity index (χ2n) is 5.62. The van der Waals surface area contributed by atoms with Crippen molar-refractivity contribution in [1.82, 2.24) is 24.0 Å². The molecule has 6 heteroatoms. The molecule has 0 amide bonds. The molecule has 21 heavy (non-hydrogen) atoms. The van der Waals surface area contributed by atoms with Gasteiger partial charge in [-0.2, -0.15) is 0 Å². The number of aromatic nitrogens is 3. The van der Waals surface area contributed by atoms with Gasteiger partial charge >= 0.3 is 5.69 Å². The molecular formula is C15H23N5O. The molecule has 0 spiro atoms. The van der Waals surface area contributed by atoms with E-state index in [-0.39, 0.29) is 5.69 Å². The molecule has 3 rings (SSSR count). The number of rotatable bonds is 5. The lowest BCUT2D eigenvalue weighted by atomic mass is 10.3. The third-order valence-corrected chi connectivity index (χ3v) is 4.12. The zero-order valence-electron chi connectivity index (χ0n) is 12.6. The molecule has 6 nitrogen and oxygen atoms in total. The lowest BCUT2D eigenvalue weighted by Crippen LogP contribution is -2.47. The lowest BCUT2D eigenvalue weighted by molar-refractivity contribution is 0.128. The van der Waals surface area contributed by atoms with Crippen LogP contribution in [0.2, 0.25) is 0 Å². The van der Waals surface area contributed by atoms with Crippen molar-refractivity contribution in [2.45, 2.75) is 19.9 Å². The van der Waals surface area contributed by atoms with Gasteiger partial charge in [0.1, 0.15) is 0 Å². The van der Waals surface area contributed by atoms with Gasteiger partial charge in [0.25, 0.3) is 0 Å². The van der Waals surface area contributed by atoms with E-state index in [0.29, 0.717) is 6.54 Å². The summed E-state index contributed by atoms with van der Waals surface area (Å²) in [7, 11) is 0. The third kappa shape index (κ3) is 3.16. The Labute approximate surface area is 124 Å². The Balaban J connectivity index is 1.58. The fraction of sp³-hybridized carbons (Fsp3) is 0.600. The van der Waals surface area contributed by atoms with E-state index in [1.807, 2.05) is 18.2 Å². The zero-order valence-corrected chi connectivity index (χ0v) is 12.6. The second-order valence-corrected chi connectivity index (χ2v) is 5.62. The van der Waals surface area contributed by atoms with E-state index in [9.17, 15) is 4.79 Å². The fourth-order valence-electron chi connectivity index (χ4n) is 2.90. The largest absolute Gasteiger partial charge is 0.350 e. The van der Waals surface area contributed by atoms with Gasteiger partial charge in [-0.05, 0) is 25.1 Å². The minimum absolute atomic E-state index is 0.0461. The van der Waals surface area contributed by atoms with Crippen molar-refractivity contribution in [1.29, 1.82) is 0 Å². The van der Waals surface area contributed by atoms with E-state index in [0.717, 1.165) is 38.4 Å². The Morgan fingerprint density at radius 2 is 1.76 bits per heavy atom. The second kappa shape index (κ2) is 6.41. The molecule has 2 aromatic rings. The van der Waals surface area contributed by atoms with E-state index in [1.165, 1.54) is 13.0 Å². The average Bonchev–Trinajstić information content (AvgIpc) is 2.84. The van der Waals surface area contributed by atoms with Gasteiger partial charge < -0.3 is 4.90 Å². The van der Waals surface area contributed by atoms with Crippen molar-refractivity contribution in [2.75, 3.05) is 39.3 Å². The molecule has 114 valence electrons. The van der Waals surface area contributed by atoms with Gasteiger partial charge in [0, 0.05) is 38.9 Å². The first-order valence-electron chi connectivity index (χ1n) is 7.77. The quantitative estimate of drug-likeness (QED) is 0.805. The smallest absolute Gasteiger partial charge is 0.301 e. The van der Waals surface area contributed by atoms with Gasteiger partial charge in [0.05, 0.1) is 6.54 Å². The maximum atomic E-state index is 12.2. The molecule has 0 radical (unpaired) electrons. The van der Waals surface area contributed by atoms with E-state index >= 15 is 0 Å². The van der Waals surface area contributed by atoms with Crippen molar-refractivity contribution < 1.29 is 0 Å². The standard InChI is InChI=1S/C15H23N5O/c1-2-6-17-8-10-18(11-9-17)12-13-20-15(21)19-7-4-3-5-14(19)16-20/h3-5,7H,2,6,8-13H2,1H3. The molecule has 1 aliphatic heterocycles. The normalized spacial score (nSPS) is 17.6. The molecule has 0 aromatic carbocycles. The molecule has 0 bridgehead atoms. The van der Waals surface area contributed by atoms with Crippen molar-refractivity contribution in [3.63, 3.8) is 0 Å². The van der Waals surface area contributed by atoms with Crippen LogP contribution in [0.1, 0.15) is 13.3 Å². The molecule has 0 N–H and O–H groups in total. The lowest BCUT2D eigenvalue weighted by Gasteiger charge is -2.34. The van der Waals surface area contributed by atoms with Gasteiger partial charge in [-0.1, -0.05) is 13.0 Å². The van der Waals surface area contributed by atoms with Crippen LogP contribution in [0.5, 0.6) is 0 Å². The van der Waals surface area contributed by atoms with Gasteiger partial charge in [0.2, 0.25) is 0 Å². The number of hydrogen-bond donors (Lipinski definition) is 0. The van der Waals surface area contributed by atoms with Crippen LogP contribution in [0, 0.1) is 0 Å². The molecule has 0 saturated carbocycles. The van der Waals surface area contributed by atoms with E-state index in [1.54, 1.807) is 15.3 Å². The summed E-state index contributed by atoms with van der Waals surface area (Å²) >= 11 is 0. The minimum atomic E-state index is -0.0461. The Kier molecular flexibility index (Phi) is 4.36. The minimum Gasteiger partial charge on any atom is -0.301 e. The van der Waals surface area contributed by atoms with Crippen LogP contribution in [-0.2, 0) is 6.54 Å². The van der Waals surface area contributed by atoms with Crippen LogP contribution in [0.3, 0.4) is 0 Å². The Hall–Kier alpha value is -1.66.